The predicted octanol–water partition coefficient (Wildman–Crippen LogP) is 0.684. The van der Waals surface area contributed by atoms with Crippen molar-refractivity contribution in [1.82, 2.24) is 4.98 Å². The number of carbonyl (C=O) groups excluding carboxylic acids is 1. The van der Waals surface area contributed by atoms with Crippen LogP contribution in [0, 0.1) is 10.1 Å². The van der Waals surface area contributed by atoms with Crippen LogP contribution < -0.4 is 4.74 Å². The first-order valence-electron chi connectivity index (χ1n) is 4.61. The summed E-state index contributed by atoms with van der Waals surface area (Å²) in [5, 5.41) is 10.6. The first-order valence-corrected chi connectivity index (χ1v) is 4.61. The van der Waals surface area contributed by atoms with E-state index in [1.54, 1.807) is 0 Å². The normalized spacial score (nSPS) is 19.2. The van der Waals surface area contributed by atoms with Gasteiger partial charge in [-0.05, 0) is 22.0 Å². The molecule has 1 fully saturated rings. The molecule has 16 heavy (non-hydrogen) atoms. The first-order chi connectivity index (χ1) is 7.68. The summed E-state index contributed by atoms with van der Waals surface area (Å²) >= 11 is 0. The zero-order valence-corrected chi connectivity index (χ0v) is 8.16. The molecule has 2 heterocycles. The number of aromatic nitrogens is 1. The average Bonchev–Trinajstić information content (AvgIpc) is 2.65. The fourth-order valence-corrected chi connectivity index (χ4v) is 1.35. The van der Waals surface area contributed by atoms with E-state index < -0.39 is 22.8 Å². The van der Waals surface area contributed by atoms with Gasteiger partial charge in [0.05, 0.1) is 6.61 Å². The lowest BCUT2D eigenvalue weighted by atomic mass is 10.3. The van der Waals surface area contributed by atoms with Crippen LogP contribution in [0.25, 0.3) is 0 Å². The van der Waals surface area contributed by atoms with Crippen LogP contribution in [-0.4, -0.2) is 28.6 Å². The second kappa shape index (κ2) is 4.13. The number of hydrogen-bond donors (Lipinski definition) is 0. The van der Waals surface area contributed by atoms with Gasteiger partial charge in [0, 0.05) is 6.42 Å². The standard InChI is InChI=1S/C9H8N2O5/c12-9-7(3-5-15-9)16-6-2-1-4-10-8(6)11(13)14/h1-2,4,7H,3,5H2. The maximum absolute atomic E-state index is 11.1. The van der Waals surface area contributed by atoms with Crippen LogP contribution in [0.2, 0.25) is 0 Å². The van der Waals surface area contributed by atoms with Crippen LogP contribution in [0.3, 0.4) is 0 Å². The van der Waals surface area contributed by atoms with Crippen LogP contribution in [0.15, 0.2) is 18.3 Å². The molecular weight excluding hydrogens is 216 g/mol. The molecule has 2 rings (SSSR count). The third-order valence-corrected chi connectivity index (χ3v) is 2.08. The lowest BCUT2D eigenvalue weighted by molar-refractivity contribution is -0.390. The lowest BCUT2D eigenvalue weighted by Gasteiger charge is -2.08. The first kappa shape index (κ1) is 10.3. The van der Waals surface area contributed by atoms with E-state index in [0.29, 0.717) is 6.42 Å². The van der Waals surface area contributed by atoms with E-state index in [2.05, 4.69) is 9.72 Å². The Morgan fingerprint density at radius 1 is 1.62 bits per heavy atom. The summed E-state index contributed by atoms with van der Waals surface area (Å²) < 4.78 is 9.89. The zero-order chi connectivity index (χ0) is 11.5. The van der Waals surface area contributed by atoms with Crippen molar-refractivity contribution in [2.45, 2.75) is 12.5 Å². The highest BCUT2D eigenvalue weighted by Crippen LogP contribution is 2.26. The fraction of sp³-hybridized carbons (Fsp3) is 0.333. The molecule has 0 saturated carbocycles. The largest absolute Gasteiger partial charge is 0.470 e. The molecule has 0 spiro atoms. The topological polar surface area (TPSA) is 91.6 Å². The van der Waals surface area contributed by atoms with Crippen molar-refractivity contribution >= 4 is 11.8 Å². The third kappa shape index (κ3) is 1.92. The van der Waals surface area contributed by atoms with Crippen LogP contribution in [0.5, 0.6) is 5.75 Å². The SMILES string of the molecule is O=C1OCCC1Oc1cccnc1[N+](=O)[O-]. The molecule has 1 saturated heterocycles. The molecule has 1 aromatic rings. The molecular formula is C9H8N2O5. The third-order valence-electron chi connectivity index (χ3n) is 2.08. The summed E-state index contributed by atoms with van der Waals surface area (Å²) in [6.45, 7) is 0.275. The number of ether oxygens (including phenoxy) is 2. The van der Waals surface area contributed by atoms with Gasteiger partial charge >= 0.3 is 11.8 Å². The van der Waals surface area contributed by atoms with Gasteiger partial charge < -0.3 is 19.6 Å². The van der Waals surface area contributed by atoms with Gasteiger partial charge in [-0.2, -0.15) is 0 Å². The lowest BCUT2D eigenvalue weighted by Crippen LogP contribution is -2.22. The number of rotatable bonds is 3. The van der Waals surface area contributed by atoms with Crippen molar-refractivity contribution in [1.29, 1.82) is 0 Å². The Bertz CT molecular complexity index is 434. The Balaban J connectivity index is 2.20. The molecule has 0 aliphatic carbocycles. The van der Waals surface area contributed by atoms with Crippen molar-refractivity contribution < 1.29 is 19.2 Å². The van der Waals surface area contributed by atoms with Crippen molar-refractivity contribution in [2.75, 3.05) is 6.61 Å². The number of pyridine rings is 1. The summed E-state index contributed by atoms with van der Waals surface area (Å²) in [4.78, 5) is 24.7. The number of esters is 1. The minimum Gasteiger partial charge on any atom is -0.470 e. The maximum atomic E-state index is 11.1. The number of carbonyl (C=O) groups is 1. The summed E-state index contributed by atoms with van der Waals surface area (Å²) in [7, 11) is 0. The van der Waals surface area contributed by atoms with E-state index in [1.807, 2.05) is 0 Å². The molecule has 1 unspecified atom stereocenters. The Labute approximate surface area is 90.1 Å². The average molecular weight is 224 g/mol. The van der Waals surface area contributed by atoms with Crippen LogP contribution in [-0.2, 0) is 9.53 Å². The van der Waals surface area contributed by atoms with E-state index >= 15 is 0 Å². The predicted molar refractivity (Wildman–Crippen MR) is 50.9 cm³/mol. The van der Waals surface area contributed by atoms with Gasteiger partial charge in [-0.3, -0.25) is 0 Å². The summed E-state index contributed by atoms with van der Waals surface area (Å²) in [6.07, 6.45) is 0.908. The summed E-state index contributed by atoms with van der Waals surface area (Å²) in [5.41, 5.74) is 0. The molecule has 7 nitrogen and oxygen atoms in total. The highest BCUT2D eigenvalue weighted by Gasteiger charge is 2.30. The Morgan fingerprint density at radius 2 is 2.44 bits per heavy atom. The quantitative estimate of drug-likeness (QED) is 0.426. The van der Waals surface area contributed by atoms with E-state index in [0.717, 1.165) is 0 Å². The van der Waals surface area contributed by atoms with Gasteiger partial charge in [0.1, 0.15) is 6.20 Å². The van der Waals surface area contributed by atoms with Crippen LogP contribution in [0.4, 0.5) is 5.82 Å². The van der Waals surface area contributed by atoms with E-state index in [4.69, 9.17) is 4.74 Å². The molecule has 1 atom stereocenters. The number of nitrogens with zero attached hydrogens (tertiary/aromatic N) is 2. The molecule has 1 aromatic heterocycles. The van der Waals surface area contributed by atoms with Crippen LogP contribution in [0.1, 0.15) is 6.42 Å². The smallest absolute Gasteiger partial charge is 0.406 e. The van der Waals surface area contributed by atoms with Crippen LogP contribution >= 0.6 is 0 Å². The van der Waals surface area contributed by atoms with Gasteiger partial charge in [0.15, 0.2) is 6.10 Å². The van der Waals surface area contributed by atoms with E-state index in [9.17, 15) is 14.9 Å². The second-order valence-electron chi connectivity index (χ2n) is 3.14. The molecule has 1 aliphatic heterocycles. The summed E-state index contributed by atoms with van der Waals surface area (Å²) in [5.74, 6) is -0.920. The highest BCUT2D eigenvalue weighted by molar-refractivity contribution is 5.76. The second-order valence-corrected chi connectivity index (χ2v) is 3.14. The van der Waals surface area contributed by atoms with Crippen molar-refractivity contribution in [3.63, 3.8) is 0 Å². The minimum absolute atomic E-state index is 0.0173. The molecule has 7 heteroatoms. The molecule has 84 valence electrons. The number of hydrogen-bond acceptors (Lipinski definition) is 6. The van der Waals surface area contributed by atoms with Gasteiger partial charge in [0.2, 0.25) is 5.75 Å². The number of nitro groups is 1. The summed E-state index contributed by atoms with van der Waals surface area (Å²) in [6, 6.07) is 2.90. The maximum Gasteiger partial charge on any atom is 0.406 e. The molecule has 0 bridgehead atoms. The molecule has 0 radical (unpaired) electrons. The van der Waals surface area contributed by atoms with Crippen molar-refractivity contribution in [3.8, 4) is 5.75 Å². The van der Waals surface area contributed by atoms with E-state index in [1.165, 1.54) is 18.3 Å². The molecule has 0 aromatic carbocycles. The monoisotopic (exact) mass is 224 g/mol. The fourth-order valence-electron chi connectivity index (χ4n) is 1.35. The van der Waals surface area contributed by atoms with Gasteiger partial charge in [-0.25, -0.2) is 4.79 Å². The number of cyclic esters (lactones) is 1. The Hall–Kier alpha value is -2.18. The Kier molecular flexibility index (Phi) is 2.67. The zero-order valence-electron chi connectivity index (χ0n) is 8.16. The minimum atomic E-state index is -0.775. The van der Waals surface area contributed by atoms with Crippen molar-refractivity contribution in [3.05, 3.63) is 28.4 Å². The van der Waals surface area contributed by atoms with Crippen molar-refractivity contribution in [2.24, 2.45) is 0 Å². The van der Waals surface area contributed by atoms with E-state index in [-0.39, 0.29) is 12.4 Å². The van der Waals surface area contributed by atoms with Gasteiger partial charge in [0.25, 0.3) is 0 Å². The molecule has 0 N–H and O–H groups in total. The highest BCUT2D eigenvalue weighted by atomic mass is 16.6. The Morgan fingerprint density at radius 3 is 3.06 bits per heavy atom. The van der Waals surface area contributed by atoms with Gasteiger partial charge in [-0.15, -0.1) is 0 Å². The van der Waals surface area contributed by atoms with Gasteiger partial charge in [-0.1, -0.05) is 0 Å². The molecule has 1 aliphatic rings. The molecule has 0 amide bonds.